The summed E-state index contributed by atoms with van der Waals surface area (Å²) in [6.45, 7) is 48.9. The fraction of sp³-hybridized carbons (Fsp3) is 0.257. The zero-order valence-electron chi connectivity index (χ0n) is 79.3. The first-order valence-electron chi connectivity index (χ1n) is 44.2. The third kappa shape index (κ3) is 32.7. The number of hydrogen-bond acceptors (Lipinski definition) is 11. The number of hydrogen-bond donors (Lipinski definition) is 4. The minimum Gasteiger partial charge on any atom is -0.0620 e. The van der Waals surface area contributed by atoms with Crippen LogP contribution in [-0.4, -0.2) is 73.9 Å². The fourth-order valence-electron chi connectivity index (χ4n) is 15.9. The molecule has 2 aliphatic heterocycles. The van der Waals surface area contributed by atoms with Crippen molar-refractivity contribution >= 4 is 89.3 Å². The van der Waals surface area contributed by atoms with Crippen molar-refractivity contribution in [1.29, 1.82) is 0 Å². The van der Waals surface area contributed by atoms with Gasteiger partial charge in [-0.15, -0.1) is 5.60 Å². The average Bonchev–Trinajstić information content (AvgIpc) is 1.67. The molecule has 0 bridgehead atoms. The Labute approximate surface area is 836 Å². The second-order valence-electron chi connectivity index (χ2n) is 32.9. The SMILES string of the molecule is CCC(C)(C)[O-].CCc1cccc(CC)c1N=Cc1ccccc1O.CCc1cccc(CC)c1N=Cc1ccccc1O.Cc1cc(C)c(N2[CH-]N(c3c(C)cc(C)cc3C)CC2)c(C)c1.Cc1cc(C)c(N2[CH-]N(c3c(C)cc(C)cc3C)CC2)c(C)c1.Oc1ccccc1[CH]=[Ru+].Oc1ccccc1[CH]=[Ru][Cl].[K+].c1ccc([PH+](c2ccccc2)c2ccccc2)cc1. The topological polar surface area (TPSA) is 142 Å². The van der Waals surface area contributed by atoms with E-state index >= 15 is 0 Å². The number of aliphatic imine (C=N–C) groups is 2. The Hall–Kier alpha value is -9.10. The maximum Gasteiger partial charge on any atom is 1.00 e. The number of anilines is 4. The Balaban J connectivity index is 0.000000207. The number of rotatable bonds is 18. The van der Waals surface area contributed by atoms with Gasteiger partial charge in [0.15, 0.2) is 0 Å². The number of benzene rings is 13. The predicted octanol–water partition coefficient (Wildman–Crippen LogP) is 22.1. The Kier molecular flexibility index (Phi) is 45.3. The molecule has 11 nitrogen and oxygen atoms in total. The molecule has 0 unspecified atom stereocenters. The molecule has 2 aliphatic rings. The molecular weight excluding hydrogens is 1830 g/mol. The van der Waals surface area contributed by atoms with Gasteiger partial charge in [0.25, 0.3) is 0 Å². The third-order valence-electron chi connectivity index (χ3n) is 22.1. The van der Waals surface area contributed by atoms with Gasteiger partial charge in [0.2, 0.25) is 0 Å². The third-order valence-corrected chi connectivity index (χ3v) is 26.5. The number of aryl methyl sites for hydroxylation is 16. The van der Waals surface area contributed by atoms with Gasteiger partial charge in [-0.2, -0.15) is 13.3 Å². The minimum absolute atomic E-state index is 0. The molecule has 0 atom stereocenters. The van der Waals surface area contributed by atoms with Gasteiger partial charge in [-0.3, -0.25) is 9.98 Å². The van der Waals surface area contributed by atoms with E-state index in [4.69, 9.17) is 19.9 Å². The molecule has 0 aromatic heterocycles. The first-order chi connectivity index (χ1) is 61.4. The van der Waals surface area contributed by atoms with E-state index in [9.17, 15) is 15.3 Å². The number of halogens is 1. The van der Waals surface area contributed by atoms with Crippen LogP contribution in [0.1, 0.15) is 166 Å². The van der Waals surface area contributed by atoms with Gasteiger partial charge in [0.1, 0.15) is 27.4 Å². The molecule has 16 heteroatoms. The van der Waals surface area contributed by atoms with Crippen LogP contribution in [0.15, 0.2) is 283 Å². The van der Waals surface area contributed by atoms with E-state index in [1.165, 1.54) is 128 Å². The molecule has 4 N–H and O–H groups in total. The van der Waals surface area contributed by atoms with E-state index < -0.39 is 13.5 Å². The first kappa shape index (κ1) is 107. The summed E-state index contributed by atoms with van der Waals surface area (Å²) >= 11 is 2.11. The predicted molar refractivity (Wildman–Crippen MR) is 545 cm³/mol. The zero-order valence-corrected chi connectivity index (χ0v) is 87.6. The van der Waals surface area contributed by atoms with Crippen LogP contribution in [0.5, 0.6) is 23.0 Å². The van der Waals surface area contributed by atoms with Crippen LogP contribution < -0.4 is 92.0 Å². The van der Waals surface area contributed by atoms with E-state index in [0.717, 1.165) is 85.5 Å². The Bertz CT molecular complexity index is 5210. The van der Waals surface area contributed by atoms with Gasteiger partial charge >= 0.3 is 185 Å². The molecule has 2 fully saturated rings. The van der Waals surface area contributed by atoms with Crippen molar-refractivity contribution in [2.75, 3.05) is 45.8 Å². The number of phenols is 4. The Morgan fingerprint density at radius 1 is 0.364 bits per heavy atom. The fourth-order valence-corrected chi connectivity index (χ4v) is 20.0. The van der Waals surface area contributed by atoms with Crippen LogP contribution in [0, 0.1) is 96.4 Å². The molecule has 0 amide bonds. The summed E-state index contributed by atoms with van der Waals surface area (Å²) < 4.78 is 3.65. The maximum atomic E-state index is 10.5. The zero-order chi connectivity index (χ0) is 93.0. The maximum absolute atomic E-state index is 10.5. The largest absolute Gasteiger partial charge is 1.00 e. The van der Waals surface area contributed by atoms with Crippen molar-refractivity contribution in [2.45, 2.75) is 169 Å². The first-order valence-corrected chi connectivity index (χ1v) is 49.9. The van der Waals surface area contributed by atoms with E-state index in [-0.39, 0.29) is 78.6 Å². The molecule has 2 saturated heterocycles. The summed E-state index contributed by atoms with van der Waals surface area (Å²) in [4.78, 5) is 18.8. The summed E-state index contributed by atoms with van der Waals surface area (Å²) in [5.74, 6) is 1.16. The van der Waals surface area contributed by atoms with E-state index in [0.29, 0.717) is 17.9 Å². The minimum atomic E-state index is -0.877. The Morgan fingerprint density at radius 3 is 0.798 bits per heavy atom. The molecule has 2 heterocycles. The van der Waals surface area contributed by atoms with Crippen LogP contribution in [-0.2, 0) is 59.2 Å². The van der Waals surface area contributed by atoms with Gasteiger partial charge in [-0.1, -0.05) is 241 Å². The second-order valence-corrected chi connectivity index (χ2v) is 37.7. The standard InChI is InChI=1S/2C21H27N2.C18H15P.2C17H19NO.2C7H6O.C5H11O.ClH.K.2Ru/c2*1-14-9-16(3)20(17(4)10-14)22-7-8-23(13-22)21-18(5)11-15(2)12-19(21)6;1-4-10-16(11-5-1)19(17-12-6-2-7-13-17)18-14-8-3-9-15-18;2*1-3-13-9-7-10-14(4-2)17(13)18-12-15-8-5-6-11-16(15)19;2*1-6-4-2-3-5-7(6)8;1-4-5(2,3)6;;;;/h2*9-13H,7-8H2,1-6H3;1-15H;2*5-12,19H,3-4H2,1-2H3;2*1-5,8H;4H2,1-3H3;1H;;;/q2*-1;;;;;;-1;;3*+1. The van der Waals surface area contributed by atoms with Crippen molar-refractivity contribution in [3.63, 3.8) is 0 Å². The monoisotopic (exact) mass is 1960 g/mol. The van der Waals surface area contributed by atoms with Crippen LogP contribution in [0.2, 0.25) is 0 Å². The van der Waals surface area contributed by atoms with Gasteiger partial charge in [-0.05, 0) is 236 Å². The smallest absolute Gasteiger partial charge is 0.0620 e. The van der Waals surface area contributed by atoms with Gasteiger partial charge in [0.05, 0.1) is 19.3 Å². The number of nitrogens with zero attached hydrogens (tertiary/aromatic N) is 6. The van der Waals surface area contributed by atoms with Crippen molar-refractivity contribution in [1.82, 2.24) is 0 Å². The van der Waals surface area contributed by atoms with Crippen LogP contribution in [0.4, 0.5) is 34.1 Å². The number of phenolic OH excluding ortho intramolecular Hbond substituents is 4. The van der Waals surface area contributed by atoms with Crippen LogP contribution in [0.3, 0.4) is 0 Å². The van der Waals surface area contributed by atoms with E-state index in [2.05, 4.69) is 347 Å². The van der Waals surface area contributed by atoms with Crippen LogP contribution >= 0.6 is 17.6 Å². The van der Waals surface area contributed by atoms with E-state index in [1.54, 1.807) is 67.3 Å². The van der Waals surface area contributed by atoms with Gasteiger partial charge in [-0.25, -0.2) is 0 Å². The molecule has 15 rings (SSSR count). The van der Waals surface area contributed by atoms with Crippen molar-refractivity contribution < 1.29 is 110 Å². The number of para-hydroxylation sites is 6. The van der Waals surface area contributed by atoms with Gasteiger partial charge < -0.3 is 34.9 Å². The van der Waals surface area contributed by atoms with Crippen LogP contribution in [0.25, 0.3) is 0 Å². The van der Waals surface area contributed by atoms with Crippen molar-refractivity contribution in [3.8, 4) is 23.0 Å². The van der Waals surface area contributed by atoms with E-state index in [1.807, 2.05) is 72.2 Å². The molecular formula is C113H131ClKN6O5PRu2. The summed E-state index contributed by atoms with van der Waals surface area (Å²) in [6, 6.07) is 92.2. The molecule has 13 aromatic rings. The normalized spacial score (nSPS) is 12.1. The summed E-state index contributed by atoms with van der Waals surface area (Å²) in [7, 11) is 4.65. The molecule has 0 saturated carbocycles. The summed E-state index contributed by atoms with van der Waals surface area (Å²) in [6.07, 6.45) is 8.03. The Morgan fingerprint density at radius 2 is 0.589 bits per heavy atom. The van der Waals surface area contributed by atoms with Crippen molar-refractivity contribution in [2.24, 2.45) is 9.98 Å². The average molecular weight is 1960 g/mol. The molecule has 129 heavy (non-hydrogen) atoms. The molecule has 672 valence electrons. The quantitative estimate of drug-likeness (QED) is 0.0286. The summed E-state index contributed by atoms with van der Waals surface area (Å²) in [5.41, 5.74) is 31.2. The van der Waals surface area contributed by atoms with Gasteiger partial charge in [0, 0.05) is 72.5 Å². The molecule has 0 spiro atoms. The molecule has 0 aliphatic carbocycles. The number of aromatic hydroxyl groups is 4. The molecule has 13 aromatic carbocycles. The van der Waals surface area contributed by atoms with Crippen molar-refractivity contribution in [3.05, 3.63) is 398 Å². The molecule has 0 radical (unpaired) electrons. The second kappa shape index (κ2) is 54.7. The summed E-state index contributed by atoms with van der Waals surface area (Å²) in [5, 5.41) is 52.5.